The van der Waals surface area contributed by atoms with E-state index in [1.54, 1.807) is 24.3 Å². The quantitative estimate of drug-likeness (QED) is 0.738. The van der Waals surface area contributed by atoms with E-state index >= 15 is 0 Å². The van der Waals surface area contributed by atoms with Crippen LogP contribution in [0, 0.1) is 6.92 Å². The molecule has 4 N–H and O–H groups in total. The summed E-state index contributed by atoms with van der Waals surface area (Å²) in [5.74, 6) is -1.08. The maximum Gasteiger partial charge on any atom is 0.337 e. The molecule has 0 radical (unpaired) electrons. The predicted molar refractivity (Wildman–Crippen MR) is 82.3 cm³/mol. The first-order valence-electron chi connectivity index (χ1n) is 5.75. The van der Waals surface area contributed by atoms with Crippen LogP contribution in [0.2, 0.25) is 10.0 Å². The first-order valence-corrected chi connectivity index (χ1v) is 6.51. The molecule has 4 nitrogen and oxygen atoms in total. The van der Waals surface area contributed by atoms with Crippen LogP contribution in [-0.2, 0) is 0 Å². The topological polar surface area (TPSA) is 75.3 Å². The Balaban J connectivity index is 2.56. The molecule has 0 atom stereocenters. The lowest BCUT2D eigenvalue weighted by molar-refractivity contribution is 0.0698. The summed E-state index contributed by atoms with van der Waals surface area (Å²) < 4.78 is 0. The lowest BCUT2D eigenvalue weighted by Crippen LogP contribution is -2.06. The van der Waals surface area contributed by atoms with Crippen LogP contribution in [0.5, 0.6) is 0 Å². The number of carboxylic acids is 1. The van der Waals surface area contributed by atoms with Crippen LogP contribution in [0.1, 0.15) is 15.9 Å². The summed E-state index contributed by atoms with van der Waals surface area (Å²) in [6.45, 7) is 1.83. The molecule has 0 bridgehead atoms. The van der Waals surface area contributed by atoms with Gasteiger partial charge in [0.2, 0.25) is 0 Å². The standard InChI is InChI=1S/C14H12Cl2N2O2/c1-7-5-6-9(15)13(11(7)16)18-12-8(14(19)20)3-2-4-10(12)17/h2-6,18H,17H2,1H3,(H,19,20). The van der Waals surface area contributed by atoms with Crippen LogP contribution in [0.3, 0.4) is 0 Å². The summed E-state index contributed by atoms with van der Waals surface area (Å²) >= 11 is 12.3. The van der Waals surface area contributed by atoms with Crippen LogP contribution in [0.15, 0.2) is 30.3 Å². The van der Waals surface area contributed by atoms with Crippen molar-refractivity contribution in [3.63, 3.8) is 0 Å². The zero-order valence-corrected chi connectivity index (χ0v) is 12.1. The van der Waals surface area contributed by atoms with Gasteiger partial charge in [-0.05, 0) is 30.7 Å². The Labute approximate surface area is 126 Å². The maximum absolute atomic E-state index is 11.2. The molecule has 104 valence electrons. The molecule has 0 heterocycles. The fourth-order valence-corrected chi connectivity index (χ4v) is 2.25. The highest BCUT2D eigenvalue weighted by Crippen LogP contribution is 2.37. The van der Waals surface area contributed by atoms with Gasteiger partial charge in [0.25, 0.3) is 0 Å². The molecule has 0 aromatic heterocycles. The number of carbonyl (C=O) groups is 1. The molecule has 0 aliphatic rings. The molecular weight excluding hydrogens is 299 g/mol. The van der Waals surface area contributed by atoms with Gasteiger partial charge in [0.1, 0.15) is 0 Å². The van der Waals surface area contributed by atoms with Crippen molar-refractivity contribution in [2.75, 3.05) is 11.1 Å². The van der Waals surface area contributed by atoms with Crippen LogP contribution in [0.4, 0.5) is 17.1 Å². The molecule has 6 heteroatoms. The lowest BCUT2D eigenvalue weighted by Gasteiger charge is -2.15. The largest absolute Gasteiger partial charge is 0.478 e. The number of carboxylic acid groups (broad SMARTS) is 1. The minimum absolute atomic E-state index is 0.0543. The summed E-state index contributed by atoms with van der Waals surface area (Å²) in [5.41, 5.74) is 7.73. The molecule has 0 fully saturated rings. The third-order valence-electron chi connectivity index (χ3n) is 2.86. The van der Waals surface area contributed by atoms with E-state index in [-0.39, 0.29) is 11.3 Å². The van der Waals surface area contributed by atoms with E-state index in [0.717, 1.165) is 5.56 Å². The molecule has 0 spiro atoms. The van der Waals surface area contributed by atoms with Crippen molar-refractivity contribution in [1.82, 2.24) is 0 Å². The molecule has 0 aliphatic heterocycles. The molecule has 0 saturated carbocycles. The van der Waals surface area contributed by atoms with Crippen LogP contribution < -0.4 is 11.1 Å². The molecule has 2 aromatic carbocycles. The summed E-state index contributed by atoms with van der Waals surface area (Å²) in [7, 11) is 0. The van der Waals surface area contributed by atoms with Crippen molar-refractivity contribution < 1.29 is 9.90 Å². The van der Waals surface area contributed by atoms with Gasteiger partial charge >= 0.3 is 5.97 Å². The van der Waals surface area contributed by atoms with Gasteiger partial charge < -0.3 is 16.2 Å². The number of nitrogen functional groups attached to an aromatic ring is 1. The first kappa shape index (κ1) is 14.5. The Kier molecular flexibility index (Phi) is 4.06. The summed E-state index contributed by atoms with van der Waals surface area (Å²) in [4.78, 5) is 11.2. The van der Waals surface area contributed by atoms with Crippen molar-refractivity contribution in [2.45, 2.75) is 6.92 Å². The van der Waals surface area contributed by atoms with Gasteiger partial charge in [-0.1, -0.05) is 35.3 Å². The average Bonchev–Trinajstić information content (AvgIpc) is 2.40. The molecule has 0 aliphatic carbocycles. The number of anilines is 3. The number of halogens is 2. The number of hydrogen-bond acceptors (Lipinski definition) is 3. The highest BCUT2D eigenvalue weighted by atomic mass is 35.5. The van der Waals surface area contributed by atoms with E-state index < -0.39 is 5.97 Å². The van der Waals surface area contributed by atoms with Crippen molar-refractivity contribution in [3.8, 4) is 0 Å². The van der Waals surface area contributed by atoms with Gasteiger partial charge in [0.15, 0.2) is 0 Å². The Morgan fingerprint density at radius 1 is 1.20 bits per heavy atom. The van der Waals surface area contributed by atoms with E-state index in [2.05, 4.69) is 5.32 Å². The van der Waals surface area contributed by atoms with Crippen molar-refractivity contribution in [3.05, 3.63) is 51.5 Å². The van der Waals surface area contributed by atoms with E-state index in [0.29, 0.717) is 21.4 Å². The molecular formula is C14H12Cl2N2O2. The van der Waals surface area contributed by atoms with Gasteiger partial charge in [-0.25, -0.2) is 4.79 Å². The summed E-state index contributed by atoms with van der Waals surface area (Å²) in [6, 6.07) is 8.10. The smallest absolute Gasteiger partial charge is 0.337 e. The molecule has 2 rings (SSSR count). The number of benzene rings is 2. The maximum atomic E-state index is 11.2. The van der Waals surface area contributed by atoms with Gasteiger partial charge in [0.05, 0.1) is 32.7 Å². The third-order valence-corrected chi connectivity index (χ3v) is 3.66. The van der Waals surface area contributed by atoms with Crippen molar-refractivity contribution in [1.29, 1.82) is 0 Å². The second-order valence-corrected chi connectivity index (χ2v) is 5.04. The SMILES string of the molecule is Cc1ccc(Cl)c(Nc2c(N)cccc2C(=O)O)c1Cl. The summed E-state index contributed by atoms with van der Waals surface area (Å²) in [5, 5.41) is 12.9. The number of aromatic carboxylic acids is 1. The van der Waals surface area contributed by atoms with E-state index in [4.69, 9.17) is 28.9 Å². The normalized spacial score (nSPS) is 10.3. The highest BCUT2D eigenvalue weighted by molar-refractivity contribution is 6.39. The fraction of sp³-hybridized carbons (Fsp3) is 0.0714. The fourth-order valence-electron chi connectivity index (χ4n) is 1.78. The predicted octanol–water partition coefficient (Wildman–Crippen LogP) is 4.33. The second-order valence-electron chi connectivity index (χ2n) is 4.25. The van der Waals surface area contributed by atoms with Crippen LogP contribution in [0.25, 0.3) is 0 Å². The zero-order chi connectivity index (χ0) is 14.9. The van der Waals surface area contributed by atoms with Gasteiger partial charge in [-0.2, -0.15) is 0 Å². The molecule has 0 amide bonds. The monoisotopic (exact) mass is 310 g/mol. The number of para-hydroxylation sites is 1. The number of nitrogens with one attached hydrogen (secondary N) is 1. The van der Waals surface area contributed by atoms with E-state index in [1.165, 1.54) is 6.07 Å². The Bertz CT molecular complexity index is 687. The van der Waals surface area contributed by atoms with Crippen molar-refractivity contribution in [2.24, 2.45) is 0 Å². The van der Waals surface area contributed by atoms with Crippen LogP contribution >= 0.6 is 23.2 Å². The molecule has 0 saturated heterocycles. The number of nitrogens with two attached hydrogens (primary N) is 1. The van der Waals surface area contributed by atoms with E-state index in [9.17, 15) is 9.90 Å². The zero-order valence-electron chi connectivity index (χ0n) is 10.6. The van der Waals surface area contributed by atoms with Gasteiger partial charge in [-0.15, -0.1) is 0 Å². The minimum Gasteiger partial charge on any atom is -0.478 e. The Morgan fingerprint density at radius 3 is 2.55 bits per heavy atom. The van der Waals surface area contributed by atoms with Crippen molar-refractivity contribution >= 4 is 46.2 Å². The highest BCUT2D eigenvalue weighted by Gasteiger charge is 2.16. The number of hydrogen-bond donors (Lipinski definition) is 3. The number of aryl methyl sites for hydroxylation is 1. The molecule has 20 heavy (non-hydrogen) atoms. The van der Waals surface area contributed by atoms with E-state index in [1.807, 2.05) is 6.92 Å². The first-order chi connectivity index (χ1) is 9.41. The average molecular weight is 311 g/mol. The lowest BCUT2D eigenvalue weighted by atomic mass is 10.1. The molecule has 0 unspecified atom stereocenters. The summed E-state index contributed by atoms with van der Waals surface area (Å²) in [6.07, 6.45) is 0. The third kappa shape index (κ3) is 2.66. The molecule has 2 aromatic rings. The van der Waals surface area contributed by atoms with Crippen LogP contribution in [-0.4, -0.2) is 11.1 Å². The second kappa shape index (κ2) is 5.61. The minimum atomic E-state index is -1.08. The van der Waals surface area contributed by atoms with Gasteiger partial charge in [0, 0.05) is 0 Å². The Hall–Kier alpha value is -1.91. The Morgan fingerprint density at radius 2 is 1.90 bits per heavy atom. The van der Waals surface area contributed by atoms with Gasteiger partial charge in [-0.3, -0.25) is 0 Å². The number of rotatable bonds is 3.